The number of hydrogen-bond donors (Lipinski definition) is 1. The summed E-state index contributed by atoms with van der Waals surface area (Å²) in [5.74, 6) is -1.22. The van der Waals surface area contributed by atoms with E-state index in [1.807, 2.05) is 30.3 Å². The van der Waals surface area contributed by atoms with Crippen molar-refractivity contribution in [3.8, 4) is 0 Å². The third kappa shape index (κ3) is 4.20. The molecule has 20 heavy (non-hydrogen) atoms. The van der Waals surface area contributed by atoms with Crippen molar-refractivity contribution >= 4 is 11.9 Å². The molecule has 0 radical (unpaired) electrons. The SMILES string of the molecule is COC(=O)/C(CCO)=C(\Cc1ccccc1)C(=O)OC. The molecule has 0 amide bonds. The molecule has 0 aromatic heterocycles. The lowest BCUT2D eigenvalue weighted by Gasteiger charge is -2.12. The summed E-state index contributed by atoms with van der Waals surface area (Å²) in [6, 6.07) is 9.23. The predicted molar refractivity (Wildman–Crippen MR) is 72.9 cm³/mol. The molecule has 0 fully saturated rings. The van der Waals surface area contributed by atoms with Gasteiger partial charge in [-0.15, -0.1) is 0 Å². The second-order valence-corrected chi connectivity index (χ2v) is 4.08. The first-order valence-electron chi connectivity index (χ1n) is 6.17. The molecule has 5 heteroatoms. The quantitative estimate of drug-likeness (QED) is 0.626. The molecule has 0 aliphatic heterocycles. The van der Waals surface area contributed by atoms with Gasteiger partial charge in [-0.1, -0.05) is 30.3 Å². The normalized spacial score (nSPS) is 11.6. The lowest BCUT2D eigenvalue weighted by Crippen LogP contribution is -2.17. The van der Waals surface area contributed by atoms with E-state index in [1.165, 1.54) is 14.2 Å². The van der Waals surface area contributed by atoms with Crippen molar-refractivity contribution in [2.45, 2.75) is 12.8 Å². The molecule has 1 aromatic rings. The molecule has 0 saturated carbocycles. The molecule has 0 heterocycles. The largest absolute Gasteiger partial charge is 0.466 e. The third-order valence-electron chi connectivity index (χ3n) is 2.81. The highest BCUT2D eigenvalue weighted by atomic mass is 16.5. The summed E-state index contributed by atoms with van der Waals surface area (Å²) in [5.41, 5.74) is 1.22. The lowest BCUT2D eigenvalue weighted by molar-refractivity contribution is -0.139. The Labute approximate surface area is 117 Å². The van der Waals surface area contributed by atoms with Crippen molar-refractivity contribution in [3.05, 3.63) is 47.0 Å². The molecule has 0 atom stereocenters. The fourth-order valence-corrected chi connectivity index (χ4v) is 1.84. The molecule has 0 bridgehead atoms. The molecule has 1 N–H and O–H groups in total. The molecule has 0 spiro atoms. The molecule has 1 rings (SSSR count). The van der Waals surface area contributed by atoms with Gasteiger partial charge in [0, 0.05) is 19.4 Å². The van der Waals surface area contributed by atoms with Gasteiger partial charge in [0.1, 0.15) is 0 Å². The number of benzene rings is 1. The zero-order valence-corrected chi connectivity index (χ0v) is 11.6. The first kappa shape index (κ1) is 15.9. The third-order valence-corrected chi connectivity index (χ3v) is 2.81. The highest BCUT2D eigenvalue weighted by Crippen LogP contribution is 2.18. The Balaban J connectivity index is 3.20. The highest BCUT2D eigenvalue weighted by Gasteiger charge is 2.22. The van der Waals surface area contributed by atoms with Gasteiger partial charge in [0.2, 0.25) is 0 Å². The zero-order chi connectivity index (χ0) is 15.0. The van der Waals surface area contributed by atoms with Crippen LogP contribution in [0.3, 0.4) is 0 Å². The number of carbonyl (C=O) groups is 2. The summed E-state index contributed by atoms with van der Waals surface area (Å²) in [5, 5.41) is 9.06. The van der Waals surface area contributed by atoms with E-state index in [9.17, 15) is 9.59 Å². The van der Waals surface area contributed by atoms with Crippen molar-refractivity contribution in [1.29, 1.82) is 0 Å². The van der Waals surface area contributed by atoms with Crippen molar-refractivity contribution in [2.24, 2.45) is 0 Å². The summed E-state index contributed by atoms with van der Waals surface area (Å²) < 4.78 is 9.38. The van der Waals surface area contributed by atoms with Gasteiger partial charge in [0.25, 0.3) is 0 Å². The van der Waals surface area contributed by atoms with Gasteiger partial charge < -0.3 is 14.6 Å². The van der Waals surface area contributed by atoms with Crippen LogP contribution >= 0.6 is 0 Å². The first-order chi connectivity index (χ1) is 9.63. The van der Waals surface area contributed by atoms with Gasteiger partial charge in [0.15, 0.2) is 0 Å². The van der Waals surface area contributed by atoms with Gasteiger partial charge in [-0.2, -0.15) is 0 Å². The number of rotatable bonds is 6. The van der Waals surface area contributed by atoms with Crippen LogP contribution in [0.1, 0.15) is 12.0 Å². The van der Waals surface area contributed by atoms with Crippen LogP contribution in [0.5, 0.6) is 0 Å². The minimum absolute atomic E-state index is 0.0456. The second kappa shape index (κ2) is 8.12. The van der Waals surface area contributed by atoms with Crippen LogP contribution in [-0.4, -0.2) is 37.9 Å². The van der Waals surface area contributed by atoms with Gasteiger partial charge in [0.05, 0.1) is 25.4 Å². The van der Waals surface area contributed by atoms with Crippen molar-refractivity contribution in [3.63, 3.8) is 0 Å². The maximum absolute atomic E-state index is 11.9. The molecule has 1 aromatic carbocycles. The molecular formula is C15H18O5. The van der Waals surface area contributed by atoms with Crippen LogP contribution in [0, 0.1) is 0 Å². The molecular weight excluding hydrogens is 260 g/mol. The number of hydrogen-bond acceptors (Lipinski definition) is 5. The zero-order valence-electron chi connectivity index (χ0n) is 11.6. The van der Waals surface area contributed by atoms with Crippen molar-refractivity contribution in [2.75, 3.05) is 20.8 Å². The minimum Gasteiger partial charge on any atom is -0.466 e. The van der Waals surface area contributed by atoms with Gasteiger partial charge in [-0.3, -0.25) is 0 Å². The fourth-order valence-electron chi connectivity index (χ4n) is 1.84. The Bertz CT molecular complexity index is 490. The van der Waals surface area contributed by atoms with Crippen LogP contribution < -0.4 is 0 Å². The number of aliphatic hydroxyl groups is 1. The van der Waals surface area contributed by atoms with Crippen LogP contribution in [0.2, 0.25) is 0 Å². The Kier molecular flexibility index (Phi) is 6.46. The van der Waals surface area contributed by atoms with E-state index in [0.29, 0.717) is 0 Å². The Morgan fingerprint density at radius 2 is 1.55 bits per heavy atom. The van der Waals surface area contributed by atoms with E-state index in [1.54, 1.807) is 0 Å². The van der Waals surface area contributed by atoms with E-state index in [0.717, 1.165) is 5.56 Å². The summed E-state index contributed by atoms with van der Waals surface area (Å²) in [6.45, 7) is -0.250. The van der Waals surface area contributed by atoms with Crippen LogP contribution in [-0.2, 0) is 25.5 Å². The van der Waals surface area contributed by atoms with Crippen LogP contribution in [0.4, 0.5) is 0 Å². The first-order valence-corrected chi connectivity index (χ1v) is 6.17. The number of esters is 2. The summed E-state index contributed by atoms with van der Waals surface area (Å²) in [4.78, 5) is 23.6. The summed E-state index contributed by atoms with van der Waals surface area (Å²) >= 11 is 0. The molecule has 0 aliphatic rings. The molecule has 5 nitrogen and oxygen atoms in total. The van der Waals surface area contributed by atoms with Gasteiger partial charge in [-0.25, -0.2) is 9.59 Å². The van der Waals surface area contributed by atoms with E-state index in [2.05, 4.69) is 4.74 Å². The smallest absolute Gasteiger partial charge is 0.334 e. The average molecular weight is 278 g/mol. The molecule has 0 aliphatic carbocycles. The van der Waals surface area contributed by atoms with Crippen molar-refractivity contribution in [1.82, 2.24) is 0 Å². The van der Waals surface area contributed by atoms with E-state index in [4.69, 9.17) is 9.84 Å². The standard InChI is InChI=1S/C15H18O5/c1-19-14(17)12(8-9-16)13(15(18)20-2)10-11-6-4-3-5-7-11/h3-7,16H,8-10H2,1-2H3/b13-12+. The van der Waals surface area contributed by atoms with E-state index in [-0.39, 0.29) is 30.6 Å². The summed E-state index contributed by atoms with van der Waals surface area (Å²) in [6.07, 6.45) is 0.294. The topological polar surface area (TPSA) is 72.8 Å². The van der Waals surface area contributed by atoms with E-state index < -0.39 is 11.9 Å². The fraction of sp³-hybridized carbons (Fsp3) is 0.333. The van der Waals surface area contributed by atoms with Crippen molar-refractivity contribution < 1.29 is 24.2 Å². The maximum Gasteiger partial charge on any atom is 0.334 e. The summed E-state index contributed by atoms with van der Waals surface area (Å²) in [7, 11) is 2.48. The van der Waals surface area contributed by atoms with Crippen LogP contribution in [0.25, 0.3) is 0 Å². The molecule has 0 unspecified atom stereocenters. The van der Waals surface area contributed by atoms with E-state index >= 15 is 0 Å². The Hall–Kier alpha value is -2.14. The number of carbonyl (C=O) groups excluding carboxylic acids is 2. The number of methoxy groups -OCH3 is 2. The van der Waals surface area contributed by atoms with Gasteiger partial charge in [-0.05, 0) is 5.56 Å². The minimum atomic E-state index is -0.629. The highest BCUT2D eigenvalue weighted by molar-refractivity contribution is 6.00. The Morgan fingerprint density at radius 1 is 1.00 bits per heavy atom. The molecule has 0 saturated heterocycles. The van der Waals surface area contributed by atoms with Crippen LogP contribution in [0.15, 0.2) is 41.5 Å². The molecule has 108 valence electrons. The maximum atomic E-state index is 11.9. The number of ether oxygens (including phenoxy) is 2. The van der Waals surface area contributed by atoms with Gasteiger partial charge >= 0.3 is 11.9 Å². The Morgan fingerprint density at radius 3 is 2.05 bits per heavy atom. The predicted octanol–water partition coefficient (Wildman–Crippen LogP) is 1.25. The average Bonchev–Trinajstić information content (AvgIpc) is 2.50. The lowest BCUT2D eigenvalue weighted by atomic mass is 9.98. The monoisotopic (exact) mass is 278 g/mol. The second-order valence-electron chi connectivity index (χ2n) is 4.08. The number of aliphatic hydroxyl groups excluding tert-OH is 1.